The zero-order chi connectivity index (χ0) is 17.0. The zero-order valence-electron chi connectivity index (χ0n) is 11.4. The molecule has 23 heavy (non-hydrogen) atoms. The van der Waals surface area contributed by atoms with Crippen LogP contribution in [0.25, 0.3) is 0 Å². The molecule has 0 fully saturated rings. The molecule has 0 aliphatic heterocycles. The lowest BCUT2D eigenvalue weighted by molar-refractivity contribution is -0.385. The molecule has 0 unspecified atom stereocenters. The Morgan fingerprint density at radius 1 is 1.17 bits per heavy atom. The van der Waals surface area contributed by atoms with E-state index in [1.807, 2.05) is 0 Å². The maximum Gasteiger partial charge on any atom is 0.282 e. The summed E-state index contributed by atoms with van der Waals surface area (Å²) in [5.41, 5.74) is 0.0464. The van der Waals surface area contributed by atoms with E-state index in [4.69, 9.17) is 35.4 Å². The molecule has 2 aromatic carbocycles. The molecule has 2 rings (SSSR count). The van der Waals surface area contributed by atoms with Crippen LogP contribution in [0.15, 0.2) is 42.5 Å². The SMILES string of the molecule is O=C(NC(=S)Nc1ccc(Cl)cc1Cl)c1ccccc1[N+](=O)[O-]. The van der Waals surface area contributed by atoms with Crippen molar-refractivity contribution in [3.63, 3.8) is 0 Å². The molecule has 0 saturated carbocycles. The van der Waals surface area contributed by atoms with Crippen molar-refractivity contribution in [2.75, 3.05) is 5.32 Å². The fraction of sp³-hybridized carbons (Fsp3) is 0. The van der Waals surface area contributed by atoms with Crippen LogP contribution in [-0.2, 0) is 0 Å². The molecule has 0 saturated heterocycles. The maximum absolute atomic E-state index is 12.1. The van der Waals surface area contributed by atoms with E-state index in [0.717, 1.165) is 0 Å². The van der Waals surface area contributed by atoms with Crippen molar-refractivity contribution in [2.24, 2.45) is 0 Å². The lowest BCUT2D eigenvalue weighted by atomic mass is 10.1. The van der Waals surface area contributed by atoms with Gasteiger partial charge in [-0.1, -0.05) is 35.3 Å². The number of thiocarbonyl (C=S) groups is 1. The van der Waals surface area contributed by atoms with Crippen molar-refractivity contribution in [1.82, 2.24) is 5.32 Å². The predicted octanol–water partition coefficient (Wildman–Crippen LogP) is 4.03. The van der Waals surface area contributed by atoms with Crippen LogP contribution >= 0.6 is 35.4 Å². The summed E-state index contributed by atoms with van der Waals surface area (Å²) >= 11 is 16.8. The third-order valence-electron chi connectivity index (χ3n) is 2.75. The summed E-state index contributed by atoms with van der Waals surface area (Å²) in [6.07, 6.45) is 0. The number of nitrogens with one attached hydrogen (secondary N) is 2. The monoisotopic (exact) mass is 369 g/mol. The molecule has 6 nitrogen and oxygen atoms in total. The van der Waals surface area contributed by atoms with Gasteiger partial charge in [-0.2, -0.15) is 0 Å². The second-order valence-electron chi connectivity index (χ2n) is 4.31. The van der Waals surface area contributed by atoms with E-state index >= 15 is 0 Å². The number of hydrogen-bond acceptors (Lipinski definition) is 4. The van der Waals surface area contributed by atoms with E-state index in [9.17, 15) is 14.9 Å². The van der Waals surface area contributed by atoms with E-state index in [2.05, 4.69) is 10.6 Å². The Balaban J connectivity index is 2.11. The normalized spacial score (nSPS) is 10.0. The van der Waals surface area contributed by atoms with E-state index in [-0.39, 0.29) is 16.4 Å². The summed E-state index contributed by atoms with van der Waals surface area (Å²) in [5.74, 6) is -0.695. The number of nitro groups is 1. The molecule has 0 aliphatic carbocycles. The lowest BCUT2D eigenvalue weighted by Crippen LogP contribution is -2.34. The minimum Gasteiger partial charge on any atom is -0.331 e. The highest BCUT2D eigenvalue weighted by Crippen LogP contribution is 2.25. The highest BCUT2D eigenvalue weighted by atomic mass is 35.5. The Labute approximate surface area is 146 Å². The molecular formula is C14H9Cl2N3O3S. The first kappa shape index (κ1) is 17.1. The van der Waals surface area contributed by atoms with E-state index in [0.29, 0.717) is 15.7 Å². The molecule has 0 heterocycles. The van der Waals surface area contributed by atoms with Gasteiger partial charge in [0.05, 0.1) is 15.6 Å². The number of amides is 1. The number of para-hydroxylation sites is 1. The molecule has 1 amide bonds. The van der Waals surface area contributed by atoms with Gasteiger partial charge in [0.25, 0.3) is 11.6 Å². The number of hydrogen-bond donors (Lipinski definition) is 2. The highest BCUT2D eigenvalue weighted by molar-refractivity contribution is 7.80. The highest BCUT2D eigenvalue weighted by Gasteiger charge is 2.20. The number of carbonyl (C=O) groups is 1. The summed E-state index contributed by atoms with van der Waals surface area (Å²) in [6, 6.07) is 10.3. The van der Waals surface area contributed by atoms with Crippen molar-refractivity contribution >= 4 is 57.8 Å². The van der Waals surface area contributed by atoms with Crippen molar-refractivity contribution in [1.29, 1.82) is 0 Å². The minimum absolute atomic E-state index is 0.0441. The number of nitro benzene ring substituents is 1. The van der Waals surface area contributed by atoms with Crippen LogP contribution in [0.4, 0.5) is 11.4 Å². The van der Waals surface area contributed by atoms with Gasteiger partial charge in [0.15, 0.2) is 5.11 Å². The summed E-state index contributed by atoms with van der Waals surface area (Å²) in [6.45, 7) is 0. The first-order valence-electron chi connectivity index (χ1n) is 6.19. The van der Waals surface area contributed by atoms with E-state index in [1.54, 1.807) is 12.1 Å². The maximum atomic E-state index is 12.1. The molecule has 0 aliphatic rings. The molecule has 0 spiro atoms. The molecular weight excluding hydrogens is 361 g/mol. The lowest BCUT2D eigenvalue weighted by Gasteiger charge is -2.11. The van der Waals surface area contributed by atoms with Gasteiger partial charge in [-0.3, -0.25) is 20.2 Å². The Bertz CT molecular complexity index is 799. The average Bonchev–Trinajstić information content (AvgIpc) is 2.50. The summed E-state index contributed by atoms with van der Waals surface area (Å²) in [5, 5.41) is 16.7. The van der Waals surface area contributed by atoms with Gasteiger partial charge in [-0.05, 0) is 36.5 Å². The van der Waals surface area contributed by atoms with Crippen LogP contribution in [0.5, 0.6) is 0 Å². The fourth-order valence-corrected chi connectivity index (χ4v) is 2.40. The van der Waals surface area contributed by atoms with Gasteiger partial charge < -0.3 is 5.32 Å². The van der Waals surface area contributed by atoms with Gasteiger partial charge in [-0.15, -0.1) is 0 Å². The Morgan fingerprint density at radius 3 is 2.52 bits per heavy atom. The fourth-order valence-electron chi connectivity index (χ4n) is 1.74. The molecule has 0 radical (unpaired) electrons. The standard InChI is InChI=1S/C14H9Cl2N3O3S/c15-8-5-6-11(10(16)7-8)17-14(23)18-13(20)9-3-1-2-4-12(9)19(21)22/h1-7H,(H2,17,18,20,23). The number of benzene rings is 2. The molecule has 118 valence electrons. The third-order valence-corrected chi connectivity index (χ3v) is 3.50. The van der Waals surface area contributed by atoms with Crippen LogP contribution in [0.2, 0.25) is 10.0 Å². The first-order valence-corrected chi connectivity index (χ1v) is 7.35. The second kappa shape index (κ2) is 7.36. The van der Waals surface area contributed by atoms with E-state index in [1.165, 1.54) is 30.3 Å². The first-order chi connectivity index (χ1) is 10.9. The van der Waals surface area contributed by atoms with E-state index < -0.39 is 10.8 Å². The van der Waals surface area contributed by atoms with Crippen LogP contribution < -0.4 is 10.6 Å². The molecule has 2 aromatic rings. The van der Waals surface area contributed by atoms with Crippen molar-refractivity contribution in [3.05, 3.63) is 68.2 Å². The average molecular weight is 370 g/mol. The van der Waals surface area contributed by atoms with Gasteiger partial charge in [0.2, 0.25) is 0 Å². The Kier molecular flexibility index (Phi) is 5.49. The van der Waals surface area contributed by atoms with Crippen molar-refractivity contribution in [2.45, 2.75) is 0 Å². The van der Waals surface area contributed by atoms with Gasteiger partial charge in [-0.25, -0.2) is 0 Å². The molecule has 0 aromatic heterocycles. The van der Waals surface area contributed by atoms with Gasteiger partial charge in [0.1, 0.15) is 5.56 Å². The quantitative estimate of drug-likeness (QED) is 0.484. The van der Waals surface area contributed by atoms with Crippen molar-refractivity contribution in [3.8, 4) is 0 Å². The smallest absolute Gasteiger partial charge is 0.282 e. The molecule has 2 N–H and O–H groups in total. The largest absolute Gasteiger partial charge is 0.331 e. The number of rotatable bonds is 3. The Morgan fingerprint density at radius 2 is 1.87 bits per heavy atom. The van der Waals surface area contributed by atoms with Crippen LogP contribution in [0, 0.1) is 10.1 Å². The summed E-state index contributed by atoms with van der Waals surface area (Å²) in [7, 11) is 0. The van der Waals surface area contributed by atoms with Crippen LogP contribution in [0.3, 0.4) is 0 Å². The summed E-state index contributed by atoms with van der Waals surface area (Å²) in [4.78, 5) is 22.4. The van der Waals surface area contributed by atoms with Crippen LogP contribution in [-0.4, -0.2) is 15.9 Å². The topological polar surface area (TPSA) is 84.3 Å². The molecule has 9 heteroatoms. The number of anilines is 1. The van der Waals surface area contributed by atoms with Gasteiger partial charge >= 0.3 is 0 Å². The van der Waals surface area contributed by atoms with Gasteiger partial charge in [0, 0.05) is 11.1 Å². The molecule has 0 atom stereocenters. The summed E-state index contributed by atoms with van der Waals surface area (Å²) < 4.78 is 0. The molecule has 0 bridgehead atoms. The zero-order valence-corrected chi connectivity index (χ0v) is 13.7. The Hall–Kier alpha value is -2.22. The number of halogens is 2. The third kappa shape index (κ3) is 4.38. The number of carbonyl (C=O) groups excluding carboxylic acids is 1. The second-order valence-corrected chi connectivity index (χ2v) is 5.56. The van der Waals surface area contributed by atoms with Crippen molar-refractivity contribution < 1.29 is 9.72 Å². The number of nitrogens with zero attached hydrogens (tertiary/aromatic N) is 1. The van der Waals surface area contributed by atoms with Crippen LogP contribution in [0.1, 0.15) is 10.4 Å². The predicted molar refractivity (Wildman–Crippen MR) is 93.2 cm³/mol. The minimum atomic E-state index is -0.695.